The van der Waals surface area contributed by atoms with E-state index in [1.165, 1.54) is 0 Å². The smallest absolute Gasteiger partial charge is 0.237 e. The van der Waals surface area contributed by atoms with E-state index in [0.717, 1.165) is 5.56 Å². The van der Waals surface area contributed by atoms with E-state index in [-0.39, 0.29) is 11.3 Å². The van der Waals surface area contributed by atoms with Crippen LogP contribution in [0.2, 0.25) is 5.02 Å². The third-order valence-electron chi connectivity index (χ3n) is 3.40. The van der Waals surface area contributed by atoms with Gasteiger partial charge < -0.3 is 15.6 Å². The number of nitrogens with two attached hydrogens (primary N) is 1. The SMILES string of the molecule is CC(C)(C)[C@H](N)C(=O)NCCc1nc(-c2cccc(Cl)c2)no1. The molecule has 0 saturated heterocycles. The highest BCUT2D eigenvalue weighted by molar-refractivity contribution is 6.30. The summed E-state index contributed by atoms with van der Waals surface area (Å²) in [5, 5.41) is 7.31. The first kappa shape index (κ1) is 17.4. The number of benzene rings is 1. The molecule has 23 heavy (non-hydrogen) atoms. The molecule has 0 aliphatic heterocycles. The van der Waals surface area contributed by atoms with E-state index in [4.69, 9.17) is 21.9 Å². The predicted octanol–water partition coefficient (Wildman–Crippen LogP) is 2.42. The molecule has 2 rings (SSSR count). The lowest BCUT2D eigenvalue weighted by Crippen LogP contribution is -2.49. The number of hydrogen-bond acceptors (Lipinski definition) is 5. The normalized spacial score (nSPS) is 12.9. The van der Waals surface area contributed by atoms with Gasteiger partial charge in [-0.1, -0.05) is 49.7 Å². The quantitative estimate of drug-likeness (QED) is 0.874. The summed E-state index contributed by atoms with van der Waals surface area (Å²) in [6.07, 6.45) is 0.441. The molecule has 124 valence electrons. The Balaban J connectivity index is 1.89. The Morgan fingerprint density at radius 1 is 1.43 bits per heavy atom. The van der Waals surface area contributed by atoms with E-state index in [1.54, 1.807) is 12.1 Å². The fourth-order valence-electron chi connectivity index (χ4n) is 1.90. The lowest BCUT2D eigenvalue weighted by atomic mass is 9.87. The first-order chi connectivity index (χ1) is 10.8. The summed E-state index contributed by atoms with van der Waals surface area (Å²) in [5.41, 5.74) is 6.39. The molecule has 1 atom stereocenters. The van der Waals surface area contributed by atoms with Crippen LogP contribution in [0.4, 0.5) is 0 Å². The van der Waals surface area contributed by atoms with Crippen LogP contribution in [-0.2, 0) is 11.2 Å². The number of nitrogens with one attached hydrogen (secondary N) is 1. The van der Waals surface area contributed by atoms with Crippen molar-refractivity contribution in [3.63, 3.8) is 0 Å². The third-order valence-corrected chi connectivity index (χ3v) is 3.64. The zero-order chi connectivity index (χ0) is 17.0. The molecule has 6 nitrogen and oxygen atoms in total. The summed E-state index contributed by atoms with van der Waals surface area (Å²) in [7, 11) is 0. The van der Waals surface area contributed by atoms with Crippen molar-refractivity contribution in [1.82, 2.24) is 15.5 Å². The minimum absolute atomic E-state index is 0.188. The lowest BCUT2D eigenvalue weighted by molar-refractivity contribution is -0.124. The number of nitrogens with zero attached hydrogens (tertiary/aromatic N) is 2. The molecule has 0 radical (unpaired) electrons. The highest BCUT2D eigenvalue weighted by atomic mass is 35.5. The van der Waals surface area contributed by atoms with E-state index in [2.05, 4.69) is 15.5 Å². The molecule has 0 fully saturated rings. The van der Waals surface area contributed by atoms with Crippen LogP contribution >= 0.6 is 11.6 Å². The van der Waals surface area contributed by atoms with Crippen molar-refractivity contribution in [3.05, 3.63) is 35.2 Å². The monoisotopic (exact) mass is 336 g/mol. The Labute approximate surface area is 140 Å². The molecule has 3 N–H and O–H groups in total. The van der Waals surface area contributed by atoms with Gasteiger partial charge in [-0.05, 0) is 17.5 Å². The second-order valence-corrected chi connectivity index (χ2v) is 6.84. The highest BCUT2D eigenvalue weighted by Gasteiger charge is 2.27. The molecular weight excluding hydrogens is 316 g/mol. The predicted molar refractivity (Wildman–Crippen MR) is 88.9 cm³/mol. The van der Waals surface area contributed by atoms with Gasteiger partial charge >= 0.3 is 0 Å². The summed E-state index contributed by atoms with van der Waals surface area (Å²) in [6, 6.07) is 6.65. The minimum Gasteiger partial charge on any atom is -0.354 e. The van der Waals surface area contributed by atoms with Crippen molar-refractivity contribution in [2.75, 3.05) is 6.54 Å². The number of aromatic nitrogens is 2. The van der Waals surface area contributed by atoms with Gasteiger partial charge in [0.15, 0.2) is 0 Å². The first-order valence-electron chi connectivity index (χ1n) is 7.39. The van der Waals surface area contributed by atoms with Crippen molar-refractivity contribution in [2.24, 2.45) is 11.1 Å². The summed E-state index contributed by atoms with van der Waals surface area (Å²) in [4.78, 5) is 16.2. The van der Waals surface area contributed by atoms with Crippen LogP contribution in [0.5, 0.6) is 0 Å². The average molecular weight is 337 g/mol. The molecule has 1 aromatic heterocycles. The van der Waals surface area contributed by atoms with Crippen LogP contribution in [0.25, 0.3) is 11.4 Å². The number of hydrogen-bond donors (Lipinski definition) is 2. The van der Waals surface area contributed by atoms with Crippen molar-refractivity contribution >= 4 is 17.5 Å². The Morgan fingerprint density at radius 2 is 2.17 bits per heavy atom. The van der Waals surface area contributed by atoms with Crippen LogP contribution in [0.1, 0.15) is 26.7 Å². The van der Waals surface area contributed by atoms with Crippen molar-refractivity contribution in [1.29, 1.82) is 0 Å². The fourth-order valence-corrected chi connectivity index (χ4v) is 2.09. The van der Waals surface area contributed by atoms with Crippen molar-refractivity contribution < 1.29 is 9.32 Å². The summed E-state index contributed by atoms with van der Waals surface area (Å²) >= 11 is 5.94. The van der Waals surface area contributed by atoms with Gasteiger partial charge in [-0.3, -0.25) is 4.79 Å². The third kappa shape index (κ3) is 4.77. The Kier molecular flexibility index (Phi) is 5.38. The van der Waals surface area contributed by atoms with E-state index in [1.807, 2.05) is 32.9 Å². The number of carbonyl (C=O) groups excluding carboxylic acids is 1. The second-order valence-electron chi connectivity index (χ2n) is 6.41. The van der Waals surface area contributed by atoms with Crippen molar-refractivity contribution in [2.45, 2.75) is 33.2 Å². The highest BCUT2D eigenvalue weighted by Crippen LogP contribution is 2.20. The molecule has 0 unspecified atom stereocenters. The molecule has 0 aliphatic carbocycles. The van der Waals surface area contributed by atoms with Gasteiger partial charge in [0.1, 0.15) is 0 Å². The zero-order valence-corrected chi connectivity index (χ0v) is 14.2. The first-order valence-corrected chi connectivity index (χ1v) is 7.77. The van der Waals surface area contributed by atoms with Crippen molar-refractivity contribution in [3.8, 4) is 11.4 Å². The summed E-state index contributed by atoms with van der Waals surface area (Å²) in [6.45, 7) is 6.16. The fraction of sp³-hybridized carbons (Fsp3) is 0.438. The Morgan fingerprint density at radius 3 is 2.83 bits per heavy atom. The van der Waals surface area contributed by atoms with Gasteiger partial charge in [-0.15, -0.1) is 0 Å². The Hall–Kier alpha value is -1.92. The second kappa shape index (κ2) is 7.10. The van der Waals surface area contributed by atoms with Crippen LogP contribution in [0.15, 0.2) is 28.8 Å². The van der Waals surface area contributed by atoms with Crippen LogP contribution < -0.4 is 11.1 Å². The van der Waals surface area contributed by atoms with E-state index >= 15 is 0 Å². The van der Waals surface area contributed by atoms with Gasteiger partial charge in [0.2, 0.25) is 17.6 Å². The molecule has 2 aromatic rings. The summed E-state index contributed by atoms with van der Waals surface area (Å²) in [5.74, 6) is 0.733. The molecule has 1 heterocycles. The van der Waals surface area contributed by atoms with Gasteiger partial charge in [-0.2, -0.15) is 4.98 Å². The molecule has 0 saturated carbocycles. The molecule has 7 heteroatoms. The van der Waals surface area contributed by atoms with Gasteiger partial charge in [0.25, 0.3) is 0 Å². The largest absolute Gasteiger partial charge is 0.354 e. The molecule has 1 amide bonds. The van der Waals surface area contributed by atoms with Crippen LogP contribution in [-0.4, -0.2) is 28.6 Å². The van der Waals surface area contributed by atoms with Gasteiger partial charge in [0, 0.05) is 23.6 Å². The maximum Gasteiger partial charge on any atom is 0.237 e. The maximum atomic E-state index is 11.9. The molecule has 1 aromatic carbocycles. The number of rotatable bonds is 5. The van der Waals surface area contributed by atoms with Crippen LogP contribution in [0, 0.1) is 5.41 Å². The standard InChI is InChI=1S/C16H21ClN4O2/c1-16(2,3)13(18)15(22)19-8-7-12-20-14(21-23-12)10-5-4-6-11(17)9-10/h4-6,9,13H,7-8,18H2,1-3H3,(H,19,22)/t13-/m1/s1. The van der Waals surface area contributed by atoms with Gasteiger partial charge in [-0.25, -0.2) is 0 Å². The van der Waals surface area contributed by atoms with E-state index < -0.39 is 6.04 Å². The van der Waals surface area contributed by atoms with E-state index in [0.29, 0.717) is 29.7 Å². The topological polar surface area (TPSA) is 94.0 Å². The Bertz CT molecular complexity index is 679. The number of amides is 1. The average Bonchev–Trinajstić information content (AvgIpc) is 2.94. The minimum atomic E-state index is -0.563. The van der Waals surface area contributed by atoms with Gasteiger partial charge in [0.05, 0.1) is 6.04 Å². The number of carbonyl (C=O) groups is 1. The molecule has 0 aliphatic rings. The molecule has 0 spiro atoms. The number of halogens is 1. The van der Waals surface area contributed by atoms with Crippen LogP contribution in [0.3, 0.4) is 0 Å². The lowest BCUT2D eigenvalue weighted by Gasteiger charge is -2.25. The summed E-state index contributed by atoms with van der Waals surface area (Å²) < 4.78 is 5.18. The molecular formula is C16H21ClN4O2. The maximum absolute atomic E-state index is 11.9. The molecule has 0 bridgehead atoms. The zero-order valence-electron chi connectivity index (χ0n) is 13.5. The van der Waals surface area contributed by atoms with E-state index in [9.17, 15) is 4.79 Å².